The van der Waals surface area contributed by atoms with E-state index in [-0.39, 0.29) is 18.1 Å². The van der Waals surface area contributed by atoms with Crippen molar-refractivity contribution >= 4 is 15.7 Å². The molecule has 0 aliphatic heterocycles. The summed E-state index contributed by atoms with van der Waals surface area (Å²) >= 11 is 0. The molecule has 0 saturated carbocycles. The van der Waals surface area contributed by atoms with Crippen LogP contribution in [-0.2, 0) is 14.6 Å². The molecule has 6 nitrogen and oxygen atoms in total. The minimum atomic E-state index is -3.08. The zero-order valence-corrected chi connectivity index (χ0v) is 10.1. The maximum absolute atomic E-state index is 11.3. The van der Waals surface area contributed by atoms with E-state index in [0.29, 0.717) is 19.4 Å². The van der Waals surface area contributed by atoms with E-state index in [1.807, 2.05) is 6.07 Å². The highest BCUT2D eigenvalue weighted by Gasteiger charge is 2.15. The summed E-state index contributed by atoms with van der Waals surface area (Å²) in [6.07, 6.45) is 2.16. The number of carbonyl (C=O) groups excluding carboxylic acids is 1. The highest BCUT2D eigenvalue weighted by Crippen LogP contribution is 1.94. The number of hydrogen-bond acceptors (Lipinski definition) is 5. The quantitative estimate of drug-likeness (QED) is 0.570. The van der Waals surface area contributed by atoms with E-state index < -0.39 is 15.9 Å². The van der Waals surface area contributed by atoms with Crippen LogP contribution in [0.3, 0.4) is 0 Å². The Morgan fingerprint density at radius 2 is 2.19 bits per heavy atom. The molecular formula is C9H17N3O3S. The van der Waals surface area contributed by atoms with E-state index in [1.165, 1.54) is 0 Å². The molecule has 0 fully saturated rings. The minimum absolute atomic E-state index is 0.0974. The Labute approximate surface area is 95.7 Å². The third kappa shape index (κ3) is 8.20. The number of hydrogen-bond donors (Lipinski definition) is 2. The van der Waals surface area contributed by atoms with Gasteiger partial charge in [0, 0.05) is 19.2 Å². The van der Waals surface area contributed by atoms with E-state index in [1.54, 1.807) is 0 Å². The van der Waals surface area contributed by atoms with E-state index >= 15 is 0 Å². The second-order valence-corrected chi connectivity index (χ2v) is 5.84. The van der Waals surface area contributed by atoms with Crippen molar-refractivity contribution in [2.75, 3.05) is 18.6 Å². The fourth-order valence-electron chi connectivity index (χ4n) is 0.982. The SMILES string of the molecule is CS(=O)(=O)CCC(N)C(=O)NCCCC#N. The summed E-state index contributed by atoms with van der Waals surface area (Å²) in [5, 5.41) is 10.8. The zero-order chi connectivity index (χ0) is 12.6. The molecule has 7 heteroatoms. The summed E-state index contributed by atoms with van der Waals surface area (Å²) in [4.78, 5) is 11.3. The zero-order valence-electron chi connectivity index (χ0n) is 9.27. The Balaban J connectivity index is 3.79. The fourth-order valence-corrected chi connectivity index (χ4v) is 1.66. The van der Waals surface area contributed by atoms with Gasteiger partial charge < -0.3 is 11.1 Å². The van der Waals surface area contributed by atoms with Crippen molar-refractivity contribution in [1.29, 1.82) is 5.26 Å². The van der Waals surface area contributed by atoms with Crippen molar-refractivity contribution in [3.8, 4) is 6.07 Å². The van der Waals surface area contributed by atoms with Gasteiger partial charge in [-0.25, -0.2) is 8.42 Å². The van der Waals surface area contributed by atoms with E-state index in [4.69, 9.17) is 11.0 Å². The lowest BCUT2D eigenvalue weighted by Crippen LogP contribution is -2.41. The smallest absolute Gasteiger partial charge is 0.236 e. The van der Waals surface area contributed by atoms with Gasteiger partial charge in [-0.05, 0) is 12.8 Å². The molecule has 92 valence electrons. The molecule has 0 rings (SSSR count). The van der Waals surface area contributed by atoms with Gasteiger partial charge in [0.2, 0.25) is 5.91 Å². The molecule has 0 radical (unpaired) electrons. The number of amides is 1. The minimum Gasteiger partial charge on any atom is -0.355 e. The Bertz CT molecular complexity index is 359. The third-order valence-corrected chi connectivity index (χ3v) is 2.88. The van der Waals surface area contributed by atoms with Crippen molar-refractivity contribution in [3.05, 3.63) is 0 Å². The van der Waals surface area contributed by atoms with Gasteiger partial charge in [0.15, 0.2) is 0 Å². The van der Waals surface area contributed by atoms with E-state index in [2.05, 4.69) is 5.32 Å². The van der Waals surface area contributed by atoms with Crippen molar-refractivity contribution in [2.24, 2.45) is 5.73 Å². The van der Waals surface area contributed by atoms with Crippen LogP contribution >= 0.6 is 0 Å². The summed E-state index contributed by atoms with van der Waals surface area (Å²) in [7, 11) is -3.08. The van der Waals surface area contributed by atoms with Crippen LogP contribution in [0.4, 0.5) is 0 Å². The molecule has 0 aromatic heterocycles. The topological polar surface area (TPSA) is 113 Å². The van der Waals surface area contributed by atoms with Crippen LogP contribution in [0.5, 0.6) is 0 Å². The predicted octanol–water partition coefficient (Wildman–Crippen LogP) is -0.832. The third-order valence-electron chi connectivity index (χ3n) is 1.90. The summed E-state index contributed by atoms with van der Waals surface area (Å²) in [5.41, 5.74) is 5.50. The monoisotopic (exact) mass is 247 g/mol. The Hall–Kier alpha value is -1.13. The lowest BCUT2D eigenvalue weighted by molar-refractivity contribution is -0.122. The average Bonchev–Trinajstić information content (AvgIpc) is 2.19. The molecule has 1 amide bonds. The molecule has 0 aliphatic rings. The summed E-state index contributed by atoms with van der Waals surface area (Å²) in [5.74, 6) is -0.471. The second kappa shape index (κ2) is 7.19. The molecule has 16 heavy (non-hydrogen) atoms. The van der Waals surface area contributed by atoms with Gasteiger partial charge in [-0.2, -0.15) is 5.26 Å². The van der Waals surface area contributed by atoms with E-state index in [0.717, 1.165) is 6.26 Å². The van der Waals surface area contributed by atoms with Crippen LogP contribution in [0.2, 0.25) is 0 Å². The first-order chi connectivity index (χ1) is 7.37. The number of nitrogens with one attached hydrogen (secondary N) is 1. The van der Waals surface area contributed by atoms with Gasteiger partial charge >= 0.3 is 0 Å². The van der Waals surface area contributed by atoms with Crippen molar-refractivity contribution < 1.29 is 13.2 Å². The highest BCUT2D eigenvalue weighted by molar-refractivity contribution is 7.90. The molecule has 1 atom stereocenters. The van der Waals surface area contributed by atoms with Crippen LogP contribution in [0.15, 0.2) is 0 Å². The summed E-state index contributed by atoms with van der Waals surface area (Å²) in [6, 6.07) is 1.15. The molecule has 1 unspecified atom stereocenters. The van der Waals surface area contributed by atoms with Crippen molar-refractivity contribution in [1.82, 2.24) is 5.32 Å². The first-order valence-electron chi connectivity index (χ1n) is 4.95. The van der Waals surface area contributed by atoms with Gasteiger partial charge in [-0.3, -0.25) is 4.79 Å². The highest BCUT2D eigenvalue weighted by atomic mass is 32.2. The Morgan fingerprint density at radius 1 is 1.56 bits per heavy atom. The lowest BCUT2D eigenvalue weighted by atomic mass is 10.2. The van der Waals surface area contributed by atoms with Crippen LogP contribution in [0.1, 0.15) is 19.3 Å². The molecule has 0 aromatic carbocycles. The molecule has 0 spiro atoms. The van der Waals surface area contributed by atoms with Crippen molar-refractivity contribution in [3.63, 3.8) is 0 Å². The summed E-state index contributed by atoms with van der Waals surface area (Å²) < 4.78 is 21.7. The normalized spacial score (nSPS) is 12.8. The van der Waals surface area contributed by atoms with Gasteiger partial charge in [0.25, 0.3) is 0 Å². The maximum Gasteiger partial charge on any atom is 0.236 e. The van der Waals surface area contributed by atoms with Gasteiger partial charge in [-0.1, -0.05) is 0 Å². The molecule has 0 saturated heterocycles. The van der Waals surface area contributed by atoms with Gasteiger partial charge in [0.05, 0.1) is 17.9 Å². The number of carbonyl (C=O) groups is 1. The van der Waals surface area contributed by atoms with Gasteiger partial charge in [0.1, 0.15) is 9.84 Å². The molecule has 0 heterocycles. The average molecular weight is 247 g/mol. The molecule has 0 aromatic rings. The molecule has 0 aliphatic carbocycles. The largest absolute Gasteiger partial charge is 0.355 e. The number of unbranched alkanes of at least 4 members (excludes halogenated alkanes) is 1. The lowest BCUT2D eigenvalue weighted by Gasteiger charge is -2.10. The van der Waals surface area contributed by atoms with Crippen LogP contribution in [0.25, 0.3) is 0 Å². The number of nitriles is 1. The predicted molar refractivity (Wildman–Crippen MR) is 60.2 cm³/mol. The van der Waals surface area contributed by atoms with Crippen LogP contribution < -0.4 is 11.1 Å². The standard InChI is InChI=1S/C9H17N3O3S/c1-16(14,15)7-4-8(11)9(13)12-6-3-2-5-10/h8H,2-4,6-7,11H2,1H3,(H,12,13). The first-order valence-corrected chi connectivity index (χ1v) is 7.01. The number of rotatable bonds is 7. The fraction of sp³-hybridized carbons (Fsp3) is 0.778. The maximum atomic E-state index is 11.3. The molecule has 0 bridgehead atoms. The summed E-state index contributed by atoms with van der Waals surface area (Å²) in [6.45, 7) is 0.388. The molecular weight excluding hydrogens is 230 g/mol. The van der Waals surface area contributed by atoms with Gasteiger partial charge in [-0.15, -0.1) is 0 Å². The van der Waals surface area contributed by atoms with Crippen LogP contribution in [-0.4, -0.2) is 38.9 Å². The number of sulfone groups is 1. The van der Waals surface area contributed by atoms with E-state index in [9.17, 15) is 13.2 Å². The number of nitrogens with zero attached hydrogens (tertiary/aromatic N) is 1. The molecule has 3 N–H and O–H groups in total. The van der Waals surface area contributed by atoms with Crippen LogP contribution in [0, 0.1) is 11.3 Å². The van der Waals surface area contributed by atoms with Crippen molar-refractivity contribution in [2.45, 2.75) is 25.3 Å². The Kier molecular flexibility index (Phi) is 6.69. The second-order valence-electron chi connectivity index (χ2n) is 3.58. The first kappa shape index (κ1) is 14.9. The number of nitrogens with two attached hydrogens (primary N) is 1. The Morgan fingerprint density at radius 3 is 2.69 bits per heavy atom.